The van der Waals surface area contributed by atoms with Gasteiger partial charge in [0, 0.05) is 52.1 Å². The van der Waals surface area contributed by atoms with Crippen LogP contribution in [-0.2, 0) is 16.1 Å². The van der Waals surface area contributed by atoms with Crippen molar-refractivity contribution in [3.05, 3.63) is 148 Å². The van der Waals surface area contributed by atoms with Crippen molar-refractivity contribution in [2.45, 2.75) is 77.4 Å². The van der Waals surface area contributed by atoms with E-state index >= 15 is 0 Å². The minimum atomic E-state index is -1.19. The number of esters is 1. The van der Waals surface area contributed by atoms with E-state index < -0.39 is 52.9 Å². The summed E-state index contributed by atoms with van der Waals surface area (Å²) in [6.07, 6.45) is 5.71. The molecule has 78 heavy (non-hydrogen) atoms. The number of aromatic carboxylic acids is 1. The number of ether oxygens (including phenoxy) is 6. The summed E-state index contributed by atoms with van der Waals surface area (Å²) in [6.45, 7) is 3.97. The Kier molecular flexibility index (Phi) is 37.3. The van der Waals surface area contributed by atoms with Gasteiger partial charge >= 0.3 is 11.9 Å². The lowest BCUT2D eigenvalue weighted by Crippen LogP contribution is -2.09. The number of carboxylic acids is 1. The van der Waals surface area contributed by atoms with Crippen LogP contribution in [0.4, 0.5) is 22.0 Å². The fourth-order valence-corrected chi connectivity index (χ4v) is 5.77. The zero-order valence-corrected chi connectivity index (χ0v) is 43.6. The second-order valence-corrected chi connectivity index (χ2v) is 16.3. The van der Waals surface area contributed by atoms with Gasteiger partial charge in [0.05, 0.1) is 56.9 Å². The zero-order valence-electron chi connectivity index (χ0n) is 43.6. The van der Waals surface area contributed by atoms with Crippen molar-refractivity contribution in [2.75, 3.05) is 73.2 Å². The Labute approximate surface area is 450 Å². The third-order valence-electron chi connectivity index (χ3n) is 10.0. The molecule has 0 saturated heterocycles. The van der Waals surface area contributed by atoms with E-state index in [0.717, 1.165) is 18.2 Å². The van der Waals surface area contributed by atoms with Crippen LogP contribution in [0.5, 0.6) is 28.7 Å². The van der Waals surface area contributed by atoms with Gasteiger partial charge in [-0.15, -0.1) is 0 Å². The molecule has 5 aromatic rings. The van der Waals surface area contributed by atoms with Crippen LogP contribution in [0.15, 0.2) is 91.0 Å². The summed E-state index contributed by atoms with van der Waals surface area (Å²) >= 11 is 0. The molecule has 1 unspecified atom stereocenters. The summed E-state index contributed by atoms with van der Waals surface area (Å²) in [5.41, 5.74) is 1.73. The molecule has 0 saturated carbocycles. The van der Waals surface area contributed by atoms with E-state index in [1.54, 1.807) is 14.0 Å². The number of aldehydes is 1. The topological polar surface area (TPSA) is 268 Å². The van der Waals surface area contributed by atoms with Gasteiger partial charge in [0.15, 0.2) is 57.8 Å². The fraction of sp³-hybridized carbons (Fsp3) is 0.411. The fourth-order valence-electron chi connectivity index (χ4n) is 5.77. The smallest absolute Gasteiger partial charge is 0.338 e. The molecule has 0 aromatic heterocycles. The maximum Gasteiger partial charge on any atom is 0.338 e. The lowest BCUT2D eigenvalue weighted by Gasteiger charge is -2.10. The van der Waals surface area contributed by atoms with Crippen LogP contribution in [0.25, 0.3) is 0 Å². The summed E-state index contributed by atoms with van der Waals surface area (Å²) in [6, 6.07) is 19.2. The third-order valence-corrected chi connectivity index (χ3v) is 10.0. The number of hydrogen-bond acceptors (Lipinski definition) is 16. The number of rotatable bonds is 29. The van der Waals surface area contributed by atoms with Gasteiger partial charge in [0.2, 0.25) is 0 Å². The average Bonchev–Trinajstić information content (AvgIpc) is 3.43. The molecular weight excluding hydrogens is 1040 g/mol. The monoisotopic (exact) mass is 1110 g/mol. The number of carbonyl (C=O) groups is 3. The van der Waals surface area contributed by atoms with Gasteiger partial charge in [-0.25, -0.2) is 31.5 Å². The highest BCUT2D eigenvalue weighted by atomic mass is 19.1. The lowest BCUT2D eigenvalue weighted by atomic mass is 10.1. The van der Waals surface area contributed by atoms with Gasteiger partial charge < -0.3 is 69.3 Å². The second-order valence-electron chi connectivity index (χ2n) is 16.3. The Morgan fingerprint density at radius 2 is 0.949 bits per heavy atom. The van der Waals surface area contributed by atoms with E-state index in [2.05, 4.69) is 0 Å². The largest absolute Gasteiger partial charge is 0.505 e. The molecule has 0 bridgehead atoms. The second kappa shape index (κ2) is 42.1. The molecule has 432 valence electrons. The van der Waals surface area contributed by atoms with E-state index in [9.17, 15) is 41.4 Å². The summed E-state index contributed by atoms with van der Waals surface area (Å²) in [7, 11) is 1.57. The van der Waals surface area contributed by atoms with E-state index in [1.165, 1.54) is 72.8 Å². The number of carbonyl (C=O) groups excluding carboxylic acids is 2. The molecule has 0 amide bonds. The number of aromatic hydroxyl groups is 1. The molecule has 5 aromatic carbocycles. The van der Waals surface area contributed by atoms with E-state index in [4.69, 9.17) is 64.2 Å². The zero-order chi connectivity index (χ0) is 58.1. The maximum atomic E-state index is 13.6. The number of benzene rings is 5. The quantitative estimate of drug-likeness (QED) is 0.00963. The van der Waals surface area contributed by atoms with Crippen molar-refractivity contribution in [1.29, 1.82) is 0 Å². The minimum absolute atomic E-state index is 0.0132. The van der Waals surface area contributed by atoms with Crippen LogP contribution in [0.3, 0.4) is 0 Å². The Hall–Kier alpha value is -6.92. The molecule has 0 aliphatic carbocycles. The van der Waals surface area contributed by atoms with Crippen LogP contribution in [0, 0.1) is 29.1 Å². The molecule has 0 aliphatic heterocycles. The van der Waals surface area contributed by atoms with Gasteiger partial charge in [-0.1, -0.05) is 12.1 Å². The molecule has 5 rings (SSSR count). The first-order chi connectivity index (χ1) is 37.5. The van der Waals surface area contributed by atoms with Crippen molar-refractivity contribution in [1.82, 2.24) is 0 Å². The summed E-state index contributed by atoms with van der Waals surface area (Å²) in [5, 5.41) is 69.6. The molecule has 0 spiro atoms. The number of phenols is 1. The van der Waals surface area contributed by atoms with Crippen molar-refractivity contribution >= 4 is 18.2 Å². The highest BCUT2D eigenvalue weighted by molar-refractivity contribution is 5.90. The van der Waals surface area contributed by atoms with E-state index in [-0.39, 0.29) is 80.4 Å². The number of methoxy groups -OCH3 is 1. The number of halogens is 5. The van der Waals surface area contributed by atoms with E-state index in [0.29, 0.717) is 107 Å². The highest BCUT2D eigenvalue weighted by Crippen LogP contribution is 2.24. The van der Waals surface area contributed by atoms with Crippen LogP contribution in [-0.4, -0.2) is 132 Å². The number of carboxylic acid groups (broad SMARTS) is 1. The van der Waals surface area contributed by atoms with Gasteiger partial charge in [-0.3, -0.25) is 4.79 Å². The Morgan fingerprint density at radius 1 is 0.513 bits per heavy atom. The van der Waals surface area contributed by atoms with Crippen molar-refractivity contribution in [3.8, 4) is 28.7 Å². The Morgan fingerprint density at radius 3 is 1.40 bits per heavy atom. The highest BCUT2D eigenvalue weighted by Gasteiger charge is 2.13. The van der Waals surface area contributed by atoms with E-state index in [1.807, 2.05) is 0 Å². The number of phenolic OH excluding ortho intramolecular Hbond substituents is 1. The predicted molar refractivity (Wildman–Crippen MR) is 277 cm³/mol. The van der Waals surface area contributed by atoms with Crippen LogP contribution in [0.1, 0.15) is 113 Å². The summed E-state index contributed by atoms with van der Waals surface area (Å²) in [5.74, 6) is -4.68. The number of hydrogen-bond donors (Lipinski definition) is 8. The first kappa shape index (κ1) is 69.1. The molecule has 0 radical (unpaired) electrons. The van der Waals surface area contributed by atoms with Crippen LogP contribution in [0.2, 0.25) is 0 Å². The van der Waals surface area contributed by atoms with Crippen molar-refractivity contribution in [3.63, 3.8) is 0 Å². The average molecular weight is 1110 g/mol. The Bertz CT molecular complexity index is 2460. The maximum absolute atomic E-state index is 13.6. The summed E-state index contributed by atoms with van der Waals surface area (Å²) in [4.78, 5) is 32.4. The molecule has 22 heteroatoms. The van der Waals surface area contributed by atoms with Crippen molar-refractivity contribution in [2.24, 2.45) is 0 Å². The SMILES string of the molecule is CC(O)c1ccc(F)c(OCCCCO)c1.COCCCOC(=O)c1ccc(F)c(OCCCCO)c1.O=C(O)c1ccc(F)c(O)c1.O=Cc1ccc(F)c(OCCCCO)c1.OCCCCOc1cc(CO)ccc1F. The lowest BCUT2D eigenvalue weighted by molar-refractivity contribution is 0.0467. The number of unbranched alkanes of at least 4 members (excludes halogenated alkanes) is 4. The van der Waals surface area contributed by atoms with Gasteiger partial charge in [0.1, 0.15) is 6.29 Å². The molecule has 0 heterocycles. The minimum Gasteiger partial charge on any atom is -0.505 e. The van der Waals surface area contributed by atoms with Crippen LogP contribution < -0.4 is 18.9 Å². The Balaban J connectivity index is 0.000000494. The molecule has 8 N–H and O–H groups in total. The van der Waals surface area contributed by atoms with Gasteiger partial charge in [-0.05, 0) is 148 Å². The number of aliphatic hydroxyl groups is 6. The van der Waals surface area contributed by atoms with Gasteiger partial charge in [0.25, 0.3) is 0 Å². The third kappa shape index (κ3) is 29.6. The molecule has 17 nitrogen and oxygen atoms in total. The molecular formula is C56H71F5O17. The first-order valence-corrected chi connectivity index (χ1v) is 24.7. The van der Waals surface area contributed by atoms with Crippen molar-refractivity contribution < 1.29 is 106 Å². The summed E-state index contributed by atoms with van der Waals surface area (Å²) < 4.78 is 96.1. The molecule has 0 fully saturated rings. The predicted octanol–water partition coefficient (Wildman–Crippen LogP) is 8.69. The van der Waals surface area contributed by atoms with Crippen LogP contribution >= 0.6 is 0 Å². The number of aliphatic hydroxyl groups excluding tert-OH is 6. The molecule has 1 atom stereocenters. The molecule has 0 aliphatic rings. The first-order valence-electron chi connectivity index (χ1n) is 24.7. The normalized spacial score (nSPS) is 10.6. The standard InChI is InChI=1S/C15H21FO5.C12H17FO3.C11H15FO3.C11H13FO3.C7H5FO3/c1-19-8-4-10-21-15(18)12-5-6-13(16)14(11-12)20-9-3-2-7-17;1-9(15)10-4-5-11(13)12(8-10)16-7-3-2-6-14;2*12-10-4-3-9(8-14)7-11(10)15-6-2-1-5-13;8-5-2-1-4(7(10)11)3-6(5)9/h5-6,11,17H,2-4,7-10H2,1H3;4-5,8-9,14-15H,2-3,6-7H2,1H3;3-4,7,13-14H,1-2,5-6,8H2;3-4,7-8,13H,1-2,5-6H2;1-3,9H,(H,10,11). The van der Waals surface area contributed by atoms with Gasteiger partial charge in [-0.2, -0.15) is 0 Å².